The molecule has 1 fully saturated rings. The van der Waals surface area contributed by atoms with Crippen molar-refractivity contribution in [2.24, 2.45) is 5.92 Å². The van der Waals surface area contributed by atoms with E-state index in [9.17, 15) is 9.90 Å². The number of aliphatic hydroxyl groups is 1. The predicted molar refractivity (Wildman–Crippen MR) is 65.9 cm³/mol. The van der Waals surface area contributed by atoms with E-state index in [-0.39, 0.29) is 18.4 Å². The van der Waals surface area contributed by atoms with Crippen LogP contribution in [0.3, 0.4) is 0 Å². The molecule has 5 heteroatoms. The first-order valence-corrected chi connectivity index (χ1v) is 6.15. The number of hydrogen-bond acceptors (Lipinski definition) is 4. The molecule has 1 atom stereocenters. The summed E-state index contributed by atoms with van der Waals surface area (Å²) in [7, 11) is 0. The summed E-state index contributed by atoms with van der Waals surface area (Å²) in [6, 6.07) is 3.69. The molecule has 98 valence electrons. The summed E-state index contributed by atoms with van der Waals surface area (Å²) in [5.41, 5.74) is 0.959. The first-order valence-electron chi connectivity index (χ1n) is 6.15. The molecule has 1 N–H and O–H groups in total. The first-order chi connectivity index (χ1) is 8.79. The van der Waals surface area contributed by atoms with Gasteiger partial charge in [0.05, 0.1) is 19.6 Å². The highest BCUT2D eigenvalue weighted by Crippen LogP contribution is 2.09. The minimum absolute atomic E-state index is 0.0221. The Hall–Kier alpha value is -1.46. The number of hydrogen-bond donors (Lipinski definition) is 1. The van der Waals surface area contributed by atoms with E-state index in [0.29, 0.717) is 32.7 Å². The maximum absolute atomic E-state index is 12.2. The number of pyridine rings is 1. The van der Waals surface area contributed by atoms with E-state index in [1.807, 2.05) is 12.1 Å². The molecule has 5 nitrogen and oxygen atoms in total. The zero-order chi connectivity index (χ0) is 12.8. The highest BCUT2D eigenvalue weighted by molar-refractivity contribution is 5.78. The third kappa shape index (κ3) is 3.51. The van der Waals surface area contributed by atoms with Gasteiger partial charge in [-0.2, -0.15) is 0 Å². The molecule has 1 saturated heterocycles. The van der Waals surface area contributed by atoms with Gasteiger partial charge in [-0.3, -0.25) is 9.78 Å². The van der Waals surface area contributed by atoms with E-state index in [4.69, 9.17) is 4.74 Å². The minimum Gasteiger partial charge on any atom is -0.396 e. The molecular formula is C13H18N2O3. The van der Waals surface area contributed by atoms with Gasteiger partial charge in [-0.25, -0.2) is 0 Å². The Morgan fingerprint density at radius 3 is 3.00 bits per heavy atom. The van der Waals surface area contributed by atoms with Crippen LogP contribution in [0.25, 0.3) is 0 Å². The number of ether oxygens (including phenoxy) is 1. The normalized spacial score (nSPS) is 20.5. The fraction of sp³-hybridized carbons (Fsp3) is 0.538. The highest BCUT2D eigenvalue weighted by Gasteiger charge is 2.21. The van der Waals surface area contributed by atoms with Gasteiger partial charge in [0, 0.05) is 38.0 Å². The molecule has 1 aromatic rings. The van der Waals surface area contributed by atoms with Crippen LogP contribution in [0.5, 0.6) is 0 Å². The number of amides is 1. The fourth-order valence-corrected chi connectivity index (χ4v) is 2.00. The van der Waals surface area contributed by atoms with Crippen molar-refractivity contribution >= 4 is 5.91 Å². The summed E-state index contributed by atoms with van der Waals surface area (Å²) >= 11 is 0. The van der Waals surface area contributed by atoms with Crippen molar-refractivity contribution in [3.05, 3.63) is 30.1 Å². The highest BCUT2D eigenvalue weighted by atomic mass is 16.5. The molecule has 1 aliphatic heterocycles. The van der Waals surface area contributed by atoms with Crippen LogP contribution in [0, 0.1) is 5.92 Å². The molecule has 0 unspecified atom stereocenters. The third-order valence-corrected chi connectivity index (χ3v) is 3.05. The molecule has 1 aromatic heterocycles. The van der Waals surface area contributed by atoms with Crippen molar-refractivity contribution in [3.8, 4) is 0 Å². The lowest BCUT2D eigenvalue weighted by atomic mass is 10.1. The Kier molecular flexibility index (Phi) is 4.66. The second-order valence-corrected chi connectivity index (χ2v) is 4.50. The topological polar surface area (TPSA) is 62.7 Å². The zero-order valence-corrected chi connectivity index (χ0v) is 10.3. The average molecular weight is 250 g/mol. The lowest BCUT2D eigenvalue weighted by Crippen LogP contribution is -2.37. The van der Waals surface area contributed by atoms with E-state index < -0.39 is 0 Å². The maximum Gasteiger partial charge on any atom is 0.227 e. The largest absolute Gasteiger partial charge is 0.396 e. The Bertz CT molecular complexity index is 383. The van der Waals surface area contributed by atoms with Crippen molar-refractivity contribution in [2.45, 2.75) is 6.42 Å². The maximum atomic E-state index is 12.2. The summed E-state index contributed by atoms with van der Waals surface area (Å²) in [5.74, 6) is 0.0963. The van der Waals surface area contributed by atoms with E-state index in [1.54, 1.807) is 17.3 Å². The van der Waals surface area contributed by atoms with E-state index >= 15 is 0 Å². The molecule has 0 aromatic carbocycles. The van der Waals surface area contributed by atoms with E-state index in [0.717, 1.165) is 5.56 Å². The molecule has 0 aliphatic carbocycles. The van der Waals surface area contributed by atoms with Gasteiger partial charge in [-0.15, -0.1) is 0 Å². The summed E-state index contributed by atoms with van der Waals surface area (Å²) in [6.07, 6.45) is 3.75. The van der Waals surface area contributed by atoms with Gasteiger partial charge in [0.2, 0.25) is 5.91 Å². The summed E-state index contributed by atoms with van der Waals surface area (Å²) in [6.45, 7) is 2.29. The molecule has 2 heterocycles. The van der Waals surface area contributed by atoms with Gasteiger partial charge in [0.1, 0.15) is 0 Å². The van der Waals surface area contributed by atoms with Crippen molar-refractivity contribution in [1.29, 1.82) is 0 Å². The Morgan fingerprint density at radius 1 is 1.50 bits per heavy atom. The zero-order valence-electron chi connectivity index (χ0n) is 10.3. The third-order valence-electron chi connectivity index (χ3n) is 3.05. The molecule has 0 bridgehead atoms. The average Bonchev–Trinajstić information content (AvgIpc) is 2.65. The van der Waals surface area contributed by atoms with Crippen LogP contribution in [0.2, 0.25) is 0 Å². The minimum atomic E-state index is 0.0221. The van der Waals surface area contributed by atoms with Gasteiger partial charge in [0.25, 0.3) is 0 Å². The molecule has 1 aliphatic rings. The summed E-state index contributed by atoms with van der Waals surface area (Å²) < 4.78 is 5.36. The molecular weight excluding hydrogens is 232 g/mol. The van der Waals surface area contributed by atoms with Gasteiger partial charge in [-0.05, 0) is 17.7 Å². The number of carbonyl (C=O) groups is 1. The number of rotatable bonds is 3. The predicted octanol–water partition coefficient (Wildman–Crippen LogP) is 0.0914. The lowest BCUT2D eigenvalue weighted by molar-refractivity contribution is -0.131. The van der Waals surface area contributed by atoms with E-state index in [1.165, 1.54) is 0 Å². The Balaban J connectivity index is 1.95. The summed E-state index contributed by atoms with van der Waals surface area (Å²) in [5, 5.41) is 9.18. The molecule has 0 radical (unpaired) electrons. The van der Waals surface area contributed by atoms with Crippen LogP contribution in [0.1, 0.15) is 5.56 Å². The molecule has 0 spiro atoms. The first kappa shape index (κ1) is 13.0. The van der Waals surface area contributed by atoms with Crippen molar-refractivity contribution in [2.75, 3.05) is 32.9 Å². The fourth-order valence-electron chi connectivity index (χ4n) is 2.00. The van der Waals surface area contributed by atoms with Gasteiger partial charge < -0.3 is 14.7 Å². The smallest absolute Gasteiger partial charge is 0.227 e. The molecule has 2 rings (SSSR count). The monoisotopic (exact) mass is 250 g/mol. The molecule has 0 saturated carbocycles. The standard InChI is InChI=1S/C13H18N2O3/c16-9-12-8-15(5-6-18-10-12)13(17)7-11-1-3-14-4-2-11/h1-4,12,16H,5-10H2/t12-/m1/s1. The van der Waals surface area contributed by atoms with Crippen molar-refractivity contribution in [3.63, 3.8) is 0 Å². The van der Waals surface area contributed by atoms with Gasteiger partial charge in [0.15, 0.2) is 0 Å². The van der Waals surface area contributed by atoms with Crippen LogP contribution in [-0.4, -0.2) is 53.8 Å². The molecule has 18 heavy (non-hydrogen) atoms. The van der Waals surface area contributed by atoms with Crippen LogP contribution in [0.4, 0.5) is 0 Å². The number of nitrogens with zero attached hydrogens (tertiary/aromatic N) is 2. The van der Waals surface area contributed by atoms with Crippen LogP contribution >= 0.6 is 0 Å². The molecule has 1 amide bonds. The number of aromatic nitrogens is 1. The number of aliphatic hydroxyl groups excluding tert-OH is 1. The summed E-state index contributed by atoms with van der Waals surface area (Å²) in [4.78, 5) is 17.8. The van der Waals surface area contributed by atoms with Crippen LogP contribution in [0.15, 0.2) is 24.5 Å². The van der Waals surface area contributed by atoms with Crippen molar-refractivity contribution in [1.82, 2.24) is 9.88 Å². The van der Waals surface area contributed by atoms with Crippen LogP contribution < -0.4 is 0 Å². The second-order valence-electron chi connectivity index (χ2n) is 4.50. The van der Waals surface area contributed by atoms with Gasteiger partial charge in [-0.1, -0.05) is 0 Å². The Morgan fingerprint density at radius 2 is 2.28 bits per heavy atom. The Labute approximate surface area is 106 Å². The quantitative estimate of drug-likeness (QED) is 0.826. The second kappa shape index (κ2) is 6.47. The van der Waals surface area contributed by atoms with Crippen LogP contribution in [-0.2, 0) is 16.0 Å². The van der Waals surface area contributed by atoms with Gasteiger partial charge >= 0.3 is 0 Å². The lowest BCUT2D eigenvalue weighted by Gasteiger charge is -2.22. The van der Waals surface area contributed by atoms with Crippen molar-refractivity contribution < 1.29 is 14.6 Å². The van der Waals surface area contributed by atoms with E-state index in [2.05, 4.69) is 4.98 Å². The number of carbonyl (C=O) groups excluding carboxylic acids is 1. The SMILES string of the molecule is O=C(Cc1ccncc1)N1CCOC[C@@H](CO)C1.